The van der Waals surface area contributed by atoms with Crippen molar-refractivity contribution >= 4 is 44.6 Å². The van der Waals surface area contributed by atoms with Gasteiger partial charge < -0.3 is 5.11 Å². The topological polar surface area (TPSA) is 110 Å². The molecule has 0 saturated heterocycles. The first-order valence-electron chi connectivity index (χ1n) is 5.66. The van der Waals surface area contributed by atoms with Crippen molar-refractivity contribution in [1.82, 2.24) is 0 Å². The molecular formula is C12H8Cl2N2O5S. The highest BCUT2D eigenvalue weighted by Gasteiger charge is 2.21. The SMILES string of the molecule is O=[N+]([O-])c1cc(S(=O)(=O)Nc2ccc(O)c(Cl)c2)ccc1Cl. The lowest BCUT2D eigenvalue weighted by molar-refractivity contribution is -0.384. The van der Waals surface area contributed by atoms with E-state index in [1.165, 1.54) is 18.2 Å². The Balaban J connectivity index is 2.40. The predicted molar refractivity (Wildman–Crippen MR) is 82.0 cm³/mol. The smallest absolute Gasteiger partial charge is 0.289 e. The number of phenols is 1. The van der Waals surface area contributed by atoms with Crippen LogP contribution in [0, 0.1) is 10.1 Å². The van der Waals surface area contributed by atoms with E-state index in [1.54, 1.807) is 0 Å². The minimum Gasteiger partial charge on any atom is -0.506 e. The number of anilines is 1. The van der Waals surface area contributed by atoms with E-state index in [-0.39, 0.29) is 26.4 Å². The van der Waals surface area contributed by atoms with Crippen LogP contribution in [0.15, 0.2) is 41.3 Å². The third-order valence-electron chi connectivity index (χ3n) is 2.62. The maximum Gasteiger partial charge on any atom is 0.289 e. The predicted octanol–water partition coefficient (Wildman–Crippen LogP) is 3.41. The van der Waals surface area contributed by atoms with Crippen LogP contribution >= 0.6 is 23.2 Å². The second kappa shape index (κ2) is 5.99. The monoisotopic (exact) mass is 362 g/mol. The zero-order valence-electron chi connectivity index (χ0n) is 10.7. The van der Waals surface area contributed by atoms with Crippen LogP contribution < -0.4 is 4.72 Å². The van der Waals surface area contributed by atoms with Crippen molar-refractivity contribution in [2.45, 2.75) is 4.90 Å². The van der Waals surface area contributed by atoms with Crippen LogP contribution in [0.5, 0.6) is 5.75 Å². The standard InChI is InChI=1S/C12H8Cl2N2O5S/c13-9-3-2-8(6-11(9)16(18)19)22(20,21)15-7-1-4-12(17)10(14)5-7/h1-6,15,17H. The van der Waals surface area contributed by atoms with Gasteiger partial charge in [-0.15, -0.1) is 0 Å². The van der Waals surface area contributed by atoms with Crippen molar-refractivity contribution in [3.63, 3.8) is 0 Å². The number of rotatable bonds is 4. The number of nitro benzene ring substituents is 1. The molecule has 0 heterocycles. The summed E-state index contributed by atoms with van der Waals surface area (Å²) in [5.74, 6) is -0.202. The molecular weight excluding hydrogens is 355 g/mol. The van der Waals surface area contributed by atoms with Crippen molar-refractivity contribution in [3.8, 4) is 5.75 Å². The second-order valence-corrected chi connectivity index (χ2v) is 6.64. The zero-order chi connectivity index (χ0) is 16.5. The van der Waals surface area contributed by atoms with E-state index < -0.39 is 20.6 Å². The number of hydrogen-bond donors (Lipinski definition) is 2. The van der Waals surface area contributed by atoms with E-state index >= 15 is 0 Å². The molecule has 0 radical (unpaired) electrons. The lowest BCUT2D eigenvalue weighted by atomic mass is 10.3. The van der Waals surface area contributed by atoms with Crippen LogP contribution in [0.3, 0.4) is 0 Å². The van der Waals surface area contributed by atoms with Gasteiger partial charge in [-0.05, 0) is 30.3 Å². The Bertz CT molecular complexity index is 855. The first-order chi connectivity index (χ1) is 10.2. The summed E-state index contributed by atoms with van der Waals surface area (Å²) in [7, 11) is -4.07. The number of benzene rings is 2. The molecule has 0 aliphatic heterocycles. The molecule has 7 nitrogen and oxygen atoms in total. The van der Waals surface area contributed by atoms with Gasteiger partial charge in [0.25, 0.3) is 15.7 Å². The Labute approximate surface area is 135 Å². The van der Waals surface area contributed by atoms with Crippen LogP contribution in [0.25, 0.3) is 0 Å². The molecule has 0 aliphatic carbocycles. The molecule has 2 aromatic rings. The molecule has 22 heavy (non-hydrogen) atoms. The number of nitrogens with one attached hydrogen (secondary N) is 1. The quantitative estimate of drug-likeness (QED) is 0.491. The van der Waals surface area contributed by atoms with Crippen molar-refractivity contribution in [3.05, 3.63) is 56.6 Å². The van der Waals surface area contributed by atoms with Crippen LogP contribution in [0.2, 0.25) is 10.0 Å². The lowest BCUT2D eigenvalue weighted by Gasteiger charge is -2.09. The fraction of sp³-hybridized carbons (Fsp3) is 0. The van der Waals surface area contributed by atoms with E-state index in [0.717, 1.165) is 18.2 Å². The maximum atomic E-state index is 12.2. The van der Waals surface area contributed by atoms with Gasteiger partial charge in [0.1, 0.15) is 10.8 Å². The van der Waals surface area contributed by atoms with Gasteiger partial charge >= 0.3 is 0 Å². The van der Waals surface area contributed by atoms with E-state index in [9.17, 15) is 23.6 Å². The fourth-order valence-electron chi connectivity index (χ4n) is 1.58. The largest absolute Gasteiger partial charge is 0.506 e. The van der Waals surface area contributed by atoms with E-state index in [4.69, 9.17) is 23.2 Å². The highest BCUT2D eigenvalue weighted by Crippen LogP contribution is 2.30. The summed E-state index contributed by atoms with van der Waals surface area (Å²) >= 11 is 11.3. The zero-order valence-corrected chi connectivity index (χ0v) is 13.0. The Morgan fingerprint density at radius 1 is 1.09 bits per heavy atom. The van der Waals surface area contributed by atoms with Gasteiger partial charge in [0.05, 0.1) is 20.5 Å². The van der Waals surface area contributed by atoms with Crippen molar-refractivity contribution in [2.75, 3.05) is 4.72 Å². The van der Waals surface area contributed by atoms with E-state index in [0.29, 0.717) is 0 Å². The summed E-state index contributed by atoms with van der Waals surface area (Å²) < 4.78 is 26.6. The summed E-state index contributed by atoms with van der Waals surface area (Å²) in [4.78, 5) is 9.70. The summed E-state index contributed by atoms with van der Waals surface area (Å²) in [5, 5.41) is 19.9. The number of aromatic hydroxyl groups is 1. The van der Waals surface area contributed by atoms with Gasteiger partial charge in [-0.1, -0.05) is 23.2 Å². The van der Waals surface area contributed by atoms with Gasteiger partial charge in [-0.2, -0.15) is 0 Å². The van der Waals surface area contributed by atoms with Crippen LogP contribution in [0.1, 0.15) is 0 Å². The minimum absolute atomic E-state index is 0.0395. The molecule has 0 aromatic heterocycles. The summed E-state index contributed by atoms with van der Waals surface area (Å²) in [5.41, 5.74) is -0.423. The molecule has 116 valence electrons. The third-order valence-corrected chi connectivity index (χ3v) is 4.63. The fourth-order valence-corrected chi connectivity index (χ4v) is 3.02. The molecule has 0 aliphatic rings. The van der Waals surface area contributed by atoms with Gasteiger partial charge in [0.15, 0.2) is 0 Å². The maximum absolute atomic E-state index is 12.2. The van der Waals surface area contributed by atoms with Crippen molar-refractivity contribution < 1.29 is 18.4 Å². The number of nitro groups is 1. The lowest BCUT2D eigenvalue weighted by Crippen LogP contribution is -2.13. The molecule has 0 spiro atoms. The van der Waals surface area contributed by atoms with E-state index in [1.807, 2.05) is 0 Å². The Hall–Kier alpha value is -2.03. The summed E-state index contributed by atoms with van der Waals surface area (Å²) in [6.45, 7) is 0. The minimum atomic E-state index is -4.07. The molecule has 0 unspecified atom stereocenters. The molecule has 0 fully saturated rings. The number of hydrogen-bond acceptors (Lipinski definition) is 5. The molecule has 0 saturated carbocycles. The highest BCUT2D eigenvalue weighted by molar-refractivity contribution is 7.92. The van der Waals surface area contributed by atoms with Crippen LogP contribution in [-0.2, 0) is 10.0 Å². The van der Waals surface area contributed by atoms with Crippen molar-refractivity contribution in [2.24, 2.45) is 0 Å². The van der Waals surface area contributed by atoms with Gasteiger partial charge in [0.2, 0.25) is 0 Å². The van der Waals surface area contributed by atoms with Gasteiger partial charge in [0, 0.05) is 6.07 Å². The Morgan fingerprint density at radius 2 is 1.77 bits per heavy atom. The normalized spacial score (nSPS) is 11.2. The Kier molecular flexibility index (Phi) is 4.45. The second-order valence-electron chi connectivity index (χ2n) is 4.14. The number of phenolic OH excluding ortho intramolecular Hbond substituents is 1. The molecule has 2 rings (SSSR count). The summed E-state index contributed by atoms with van der Waals surface area (Å²) in [6, 6.07) is 6.83. The number of nitrogens with zero attached hydrogens (tertiary/aromatic N) is 1. The third kappa shape index (κ3) is 3.41. The molecule has 0 atom stereocenters. The van der Waals surface area contributed by atoms with E-state index in [2.05, 4.69) is 4.72 Å². The molecule has 2 aromatic carbocycles. The highest BCUT2D eigenvalue weighted by atomic mass is 35.5. The summed E-state index contributed by atoms with van der Waals surface area (Å²) in [6.07, 6.45) is 0. The average Bonchev–Trinajstić information content (AvgIpc) is 2.42. The number of halogens is 2. The number of sulfonamides is 1. The molecule has 10 heteroatoms. The molecule has 0 amide bonds. The first-order valence-corrected chi connectivity index (χ1v) is 7.90. The average molecular weight is 363 g/mol. The van der Waals surface area contributed by atoms with Crippen LogP contribution in [-0.4, -0.2) is 18.4 Å². The first kappa shape index (κ1) is 16.3. The van der Waals surface area contributed by atoms with Crippen LogP contribution in [0.4, 0.5) is 11.4 Å². The molecule has 0 bridgehead atoms. The van der Waals surface area contributed by atoms with Gasteiger partial charge in [-0.3, -0.25) is 14.8 Å². The Morgan fingerprint density at radius 3 is 2.36 bits per heavy atom. The van der Waals surface area contributed by atoms with Gasteiger partial charge in [-0.25, -0.2) is 8.42 Å². The molecule has 2 N–H and O–H groups in total. The van der Waals surface area contributed by atoms with Crippen molar-refractivity contribution in [1.29, 1.82) is 0 Å².